The molecular weight excluding hydrogens is 290 g/mol. The van der Waals surface area contributed by atoms with Crippen LogP contribution in [0.4, 0.5) is 0 Å². The van der Waals surface area contributed by atoms with E-state index >= 15 is 0 Å². The molecule has 4 heteroatoms. The number of rotatable bonds is 9. The molecule has 0 aliphatic heterocycles. The van der Waals surface area contributed by atoms with Gasteiger partial charge in [0.15, 0.2) is 0 Å². The highest BCUT2D eigenvalue weighted by Gasteiger charge is 2.08. The lowest BCUT2D eigenvalue weighted by atomic mass is 10.1. The van der Waals surface area contributed by atoms with Crippen LogP contribution in [0, 0.1) is 0 Å². The van der Waals surface area contributed by atoms with Gasteiger partial charge in [-0.1, -0.05) is 42.5 Å². The summed E-state index contributed by atoms with van der Waals surface area (Å²) >= 11 is 0. The molecule has 0 aliphatic carbocycles. The molecule has 0 saturated carbocycles. The first kappa shape index (κ1) is 17.0. The van der Waals surface area contributed by atoms with E-state index in [0.29, 0.717) is 13.2 Å². The van der Waals surface area contributed by atoms with Crippen LogP contribution in [-0.2, 0) is 17.6 Å². The van der Waals surface area contributed by atoms with Crippen molar-refractivity contribution in [3.8, 4) is 5.75 Å². The van der Waals surface area contributed by atoms with Gasteiger partial charge in [0, 0.05) is 6.42 Å². The third-order valence-corrected chi connectivity index (χ3v) is 3.64. The zero-order valence-electron chi connectivity index (χ0n) is 13.4. The number of carbonyl (C=O) groups is 1. The van der Waals surface area contributed by atoms with Gasteiger partial charge >= 0.3 is 5.97 Å². The maximum atomic E-state index is 10.7. The highest BCUT2D eigenvalue weighted by molar-refractivity contribution is 5.72. The standard InChI is InChI=1S/C19H23NO3/c1-15(19(21)22)20-12-10-17-8-5-9-18(14-17)23-13-11-16-6-3-2-4-7-16/h2-9,14-15,20H,10-13H2,1H3,(H,21,22)/t15-/m1/s1. The topological polar surface area (TPSA) is 58.6 Å². The first-order chi connectivity index (χ1) is 11.1. The number of carboxylic acids is 1. The molecule has 0 bridgehead atoms. The molecule has 0 aromatic heterocycles. The Bertz CT molecular complexity index is 613. The second-order valence-electron chi connectivity index (χ2n) is 5.50. The van der Waals surface area contributed by atoms with Crippen molar-refractivity contribution in [1.82, 2.24) is 5.32 Å². The minimum absolute atomic E-state index is 0.527. The van der Waals surface area contributed by atoms with Crippen LogP contribution >= 0.6 is 0 Å². The lowest BCUT2D eigenvalue weighted by Crippen LogP contribution is -2.34. The Balaban J connectivity index is 1.77. The van der Waals surface area contributed by atoms with E-state index in [-0.39, 0.29) is 0 Å². The van der Waals surface area contributed by atoms with E-state index in [1.165, 1.54) is 5.56 Å². The number of hydrogen-bond acceptors (Lipinski definition) is 3. The summed E-state index contributed by atoms with van der Waals surface area (Å²) in [5.41, 5.74) is 2.39. The molecular formula is C19H23NO3. The Morgan fingerprint density at radius 1 is 1.09 bits per heavy atom. The summed E-state index contributed by atoms with van der Waals surface area (Å²) in [7, 11) is 0. The fourth-order valence-electron chi connectivity index (χ4n) is 2.24. The Hall–Kier alpha value is -2.33. The van der Waals surface area contributed by atoms with Crippen molar-refractivity contribution in [2.75, 3.05) is 13.2 Å². The van der Waals surface area contributed by atoms with Crippen LogP contribution in [0.3, 0.4) is 0 Å². The molecule has 2 rings (SSSR count). The Kier molecular flexibility index (Phi) is 6.63. The normalized spacial score (nSPS) is 11.9. The predicted molar refractivity (Wildman–Crippen MR) is 90.9 cm³/mol. The number of ether oxygens (including phenoxy) is 1. The van der Waals surface area contributed by atoms with E-state index in [9.17, 15) is 4.79 Å². The van der Waals surface area contributed by atoms with Gasteiger partial charge in [-0.2, -0.15) is 0 Å². The van der Waals surface area contributed by atoms with Crippen molar-refractivity contribution < 1.29 is 14.6 Å². The molecule has 2 aromatic rings. The van der Waals surface area contributed by atoms with Gasteiger partial charge in [0.25, 0.3) is 0 Å². The smallest absolute Gasteiger partial charge is 0.320 e. The summed E-state index contributed by atoms with van der Waals surface area (Å²) in [6, 6.07) is 17.7. The van der Waals surface area contributed by atoms with E-state index in [2.05, 4.69) is 17.4 Å². The minimum Gasteiger partial charge on any atom is -0.493 e. The summed E-state index contributed by atoms with van der Waals surface area (Å²) in [6.45, 7) is 2.91. The van der Waals surface area contributed by atoms with Crippen LogP contribution in [-0.4, -0.2) is 30.3 Å². The van der Waals surface area contributed by atoms with Gasteiger partial charge in [0.1, 0.15) is 11.8 Å². The molecule has 0 unspecified atom stereocenters. The zero-order valence-corrected chi connectivity index (χ0v) is 13.4. The van der Waals surface area contributed by atoms with E-state index < -0.39 is 12.0 Å². The lowest BCUT2D eigenvalue weighted by molar-refractivity contribution is -0.138. The van der Waals surface area contributed by atoms with E-state index in [1.54, 1.807) is 6.92 Å². The highest BCUT2D eigenvalue weighted by atomic mass is 16.5. The largest absolute Gasteiger partial charge is 0.493 e. The predicted octanol–water partition coefficient (Wildman–Crippen LogP) is 2.91. The summed E-state index contributed by atoms with van der Waals surface area (Å²) < 4.78 is 5.80. The van der Waals surface area contributed by atoms with E-state index in [1.807, 2.05) is 42.5 Å². The van der Waals surface area contributed by atoms with Crippen molar-refractivity contribution in [2.24, 2.45) is 0 Å². The van der Waals surface area contributed by atoms with Gasteiger partial charge < -0.3 is 15.2 Å². The fourth-order valence-corrected chi connectivity index (χ4v) is 2.24. The molecule has 4 nitrogen and oxygen atoms in total. The molecule has 0 radical (unpaired) electrons. The summed E-state index contributed by atoms with van der Waals surface area (Å²) in [5.74, 6) is 0.0210. The van der Waals surface area contributed by atoms with Crippen LogP contribution in [0.1, 0.15) is 18.1 Å². The van der Waals surface area contributed by atoms with Crippen LogP contribution in [0.25, 0.3) is 0 Å². The van der Waals surface area contributed by atoms with Crippen molar-refractivity contribution in [3.63, 3.8) is 0 Å². The molecule has 122 valence electrons. The monoisotopic (exact) mass is 313 g/mol. The van der Waals surface area contributed by atoms with Gasteiger partial charge in [0.05, 0.1) is 6.61 Å². The Labute approximate surface area is 137 Å². The van der Waals surface area contributed by atoms with E-state index in [0.717, 1.165) is 24.2 Å². The van der Waals surface area contributed by atoms with Gasteiger partial charge in [-0.25, -0.2) is 0 Å². The molecule has 0 heterocycles. The molecule has 1 atom stereocenters. The number of benzene rings is 2. The molecule has 0 saturated heterocycles. The van der Waals surface area contributed by atoms with Crippen LogP contribution in [0.2, 0.25) is 0 Å². The molecule has 0 aliphatic rings. The van der Waals surface area contributed by atoms with E-state index in [4.69, 9.17) is 9.84 Å². The molecule has 2 N–H and O–H groups in total. The second kappa shape index (κ2) is 8.96. The molecule has 0 amide bonds. The van der Waals surface area contributed by atoms with Crippen molar-refractivity contribution >= 4 is 5.97 Å². The summed E-state index contributed by atoms with van der Waals surface area (Å²) in [5, 5.41) is 11.8. The first-order valence-corrected chi connectivity index (χ1v) is 7.87. The minimum atomic E-state index is -0.831. The van der Waals surface area contributed by atoms with Gasteiger partial charge in [0.2, 0.25) is 0 Å². The fraction of sp³-hybridized carbons (Fsp3) is 0.316. The third-order valence-electron chi connectivity index (χ3n) is 3.64. The van der Waals surface area contributed by atoms with Crippen LogP contribution in [0.15, 0.2) is 54.6 Å². The Morgan fingerprint density at radius 3 is 2.57 bits per heavy atom. The number of carboxylic acid groups (broad SMARTS) is 1. The molecule has 0 fully saturated rings. The average Bonchev–Trinajstić information content (AvgIpc) is 2.56. The van der Waals surface area contributed by atoms with Gasteiger partial charge in [-0.3, -0.25) is 4.79 Å². The highest BCUT2D eigenvalue weighted by Crippen LogP contribution is 2.14. The van der Waals surface area contributed by atoms with Crippen LogP contribution in [0.5, 0.6) is 5.75 Å². The maximum Gasteiger partial charge on any atom is 0.320 e. The molecule has 0 spiro atoms. The summed E-state index contributed by atoms with van der Waals surface area (Å²) in [6.07, 6.45) is 1.65. The summed E-state index contributed by atoms with van der Waals surface area (Å²) in [4.78, 5) is 10.7. The quantitative estimate of drug-likeness (QED) is 0.747. The van der Waals surface area contributed by atoms with Crippen molar-refractivity contribution in [2.45, 2.75) is 25.8 Å². The first-order valence-electron chi connectivity index (χ1n) is 7.87. The van der Waals surface area contributed by atoms with Crippen molar-refractivity contribution in [1.29, 1.82) is 0 Å². The maximum absolute atomic E-state index is 10.7. The SMILES string of the molecule is C[C@@H](NCCc1cccc(OCCc2ccccc2)c1)C(=O)O. The lowest BCUT2D eigenvalue weighted by Gasteiger charge is -2.10. The molecule has 23 heavy (non-hydrogen) atoms. The average molecular weight is 313 g/mol. The third kappa shape index (κ3) is 6.12. The molecule has 2 aromatic carbocycles. The number of nitrogens with one attached hydrogen (secondary N) is 1. The second-order valence-corrected chi connectivity index (χ2v) is 5.50. The van der Waals surface area contributed by atoms with Crippen molar-refractivity contribution in [3.05, 3.63) is 65.7 Å². The van der Waals surface area contributed by atoms with Gasteiger partial charge in [-0.15, -0.1) is 0 Å². The number of aliphatic carboxylic acids is 1. The zero-order chi connectivity index (χ0) is 16.5. The Morgan fingerprint density at radius 2 is 1.83 bits per heavy atom. The van der Waals surface area contributed by atoms with Crippen LogP contribution < -0.4 is 10.1 Å². The number of hydrogen-bond donors (Lipinski definition) is 2. The van der Waals surface area contributed by atoms with Gasteiger partial charge in [-0.05, 0) is 43.1 Å².